The van der Waals surface area contributed by atoms with Gasteiger partial charge in [-0.2, -0.15) is 0 Å². The minimum Gasteiger partial charge on any atom is -0.481 e. The minimum atomic E-state index is -0.910. The van der Waals surface area contributed by atoms with Crippen molar-refractivity contribution in [2.24, 2.45) is 0 Å². The van der Waals surface area contributed by atoms with Crippen LogP contribution in [0.3, 0.4) is 0 Å². The van der Waals surface area contributed by atoms with Gasteiger partial charge in [-0.3, -0.25) is 9.59 Å². The number of aliphatic carboxylic acids is 1. The molecule has 1 heterocycles. The number of carbonyl (C=O) groups excluding carboxylic acids is 1. The number of benzene rings is 3. The smallest absolute Gasteiger partial charge is 0.303 e. The maximum atomic E-state index is 12.2. The summed E-state index contributed by atoms with van der Waals surface area (Å²) in [7, 11) is 0. The number of aromatic nitrogens is 1. The van der Waals surface area contributed by atoms with Gasteiger partial charge < -0.3 is 14.8 Å². The number of nitrogens with one attached hydrogen (secondary N) is 1. The normalized spacial score (nSPS) is 11.0. The average Bonchev–Trinajstić information content (AvgIpc) is 3.13. The molecule has 0 unspecified atom stereocenters. The van der Waals surface area contributed by atoms with Crippen LogP contribution in [-0.2, 0) is 9.59 Å². The molecule has 0 fully saturated rings. The second-order valence-electron chi connectivity index (χ2n) is 6.49. The molecule has 4 aromatic rings. The van der Waals surface area contributed by atoms with Gasteiger partial charge in [0.2, 0.25) is 11.8 Å². The monoisotopic (exact) mass is 374 g/mol. The van der Waals surface area contributed by atoms with Crippen LogP contribution >= 0.6 is 0 Å². The Kier molecular flexibility index (Phi) is 4.76. The fraction of sp³-hybridized carbons (Fsp3) is 0.136. The first kappa shape index (κ1) is 17.7. The molecule has 2 N–H and O–H groups in total. The Bertz CT molecular complexity index is 1180. The van der Waals surface area contributed by atoms with Gasteiger partial charge in [-0.25, -0.2) is 4.98 Å². The Labute approximate surface area is 160 Å². The Balaban J connectivity index is 1.65. The number of nitrogens with zero attached hydrogens (tertiary/aromatic N) is 1. The second-order valence-corrected chi connectivity index (χ2v) is 6.49. The Morgan fingerprint density at radius 2 is 1.75 bits per heavy atom. The molecule has 28 heavy (non-hydrogen) atoms. The summed E-state index contributed by atoms with van der Waals surface area (Å²) in [6.07, 6.45) is 0.393. The number of amides is 1. The zero-order chi connectivity index (χ0) is 19.5. The number of carboxylic acids is 1. The molecular weight excluding hydrogens is 356 g/mol. The average molecular weight is 374 g/mol. The van der Waals surface area contributed by atoms with Gasteiger partial charge in [0.05, 0.1) is 11.3 Å². The molecule has 1 amide bonds. The number of rotatable bonds is 6. The van der Waals surface area contributed by atoms with Crippen LogP contribution in [0.5, 0.6) is 0 Å². The predicted octanol–water partition coefficient (Wildman–Crippen LogP) is 4.84. The lowest BCUT2D eigenvalue weighted by atomic mass is 10.1. The highest BCUT2D eigenvalue weighted by atomic mass is 16.4. The van der Waals surface area contributed by atoms with E-state index in [4.69, 9.17) is 9.52 Å². The summed E-state index contributed by atoms with van der Waals surface area (Å²) >= 11 is 0. The maximum Gasteiger partial charge on any atom is 0.303 e. The molecule has 0 aliphatic rings. The zero-order valence-corrected chi connectivity index (χ0v) is 15.0. The summed E-state index contributed by atoms with van der Waals surface area (Å²) in [5.74, 6) is -0.727. The van der Waals surface area contributed by atoms with Crippen LogP contribution in [0.15, 0.2) is 65.1 Å². The first-order chi connectivity index (χ1) is 13.6. The molecule has 6 heteroatoms. The Hall–Kier alpha value is -3.67. The van der Waals surface area contributed by atoms with Gasteiger partial charge in [-0.05, 0) is 30.0 Å². The third-order valence-corrected chi connectivity index (χ3v) is 4.51. The first-order valence-corrected chi connectivity index (χ1v) is 9.01. The van der Waals surface area contributed by atoms with Gasteiger partial charge >= 0.3 is 5.97 Å². The van der Waals surface area contributed by atoms with Crippen LogP contribution < -0.4 is 5.32 Å². The summed E-state index contributed by atoms with van der Waals surface area (Å²) in [4.78, 5) is 27.4. The molecular formula is C22H18N2O4. The maximum absolute atomic E-state index is 12.2. The number of anilines is 1. The third-order valence-electron chi connectivity index (χ3n) is 4.51. The minimum absolute atomic E-state index is 0.0345. The standard InChI is InChI=1S/C22H18N2O4/c25-19(10-5-11-20(26)27)23-17-9-4-3-8-16(17)22-24-21-15-7-2-1-6-14(15)12-13-18(21)28-22/h1-4,6-9,12-13H,5,10-11H2,(H,23,25)(H,26,27). The number of hydrogen-bond acceptors (Lipinski definition) is 4. The molecule has 0 saturated carbocycles. The van der Waals surface area contributed by atoms with Crippen LogP contribution in [-0.4, -0.2) is 22.0 Å². The molecule has 0 aliphatic carbocycles. The molecule has 4 rings (SSSR count). The summed E-state index contributed by atoms with van der Waals surface area (Å²) in [6, 6.07) is 19.1. The van der Waals surface area contributed by atoms with Crippen molar-refractivity contribution in [1.82, 2.24) is 4.98 Å². The SMILES string of the molecule is O=C(O)CCCC(=O)Nc1ccccc1-c1nc2c(ccc3ccccc32)o1. The largest absolute Gasteiger partial charge is 0.481 e. The fourth-order valence-electron chi connectivity index (χ4n) is 3.17. The number of carboxylic acid groups (broad SMARTS) is 1. The molecule has 140 valence electrons. The number of carbonyl (C=O) groups is 2. The molecule has 0 bridgehead atoms. The lowest BCUT2D eigenvalue weighted by molar-refractivity contribution is -0.137. The van der Waals surface area contributed by atoms with E-state index in [0.717, 1.165) is 16.3 Å². The van der Waals surface area contributed by atoms with E-state index in [0.29, 0.717) is 22.7 Å². The van der Waals surface area contributed by atoms with E-state index in [-0.39, 0.29) is 25.2 Å². The van der Waals surface area contributed by atoms with Crippen LogP contribution in [0.2, 0.25) is 0 Å². The molecule has 0 radical (unpaired) electrons. The summed E-state index contributed by atoms with van der Waals surface area (Å²) in [5.41, 5.74) is 2.71. The lowest BCUT2D eigenvalue weighted by Gasteiger charge is -2.08. The first-order valence-electron chi connectivity index (χ1n) is 9.01. The Morgan fingerprint density at radius 3 is 2.61 bits per heavy atom. The van der Waals surface area contributed by atoms with Crippen molar-refractivity contribution in [2.75, 3.05) is 5.32 Å². The van der Waals surface area contributed by atoms with E-state index < -0.39 is 5.97 Å². The van der Waals surface area contributed by atoms with Gasteiger partial charge in [0.1, 0.15) is 5.52 Å². The summed E-state index contributed by atoms with van der Waals surface area (Å²) in [5, 5.41) is 13.6. The van der Waals surface area contributed by atoms with Crippen molar-refractivity contribution in [3.8, 4) is 11.5 Å². The fourth-order valence-corrected chi connectivity index (χ4v) is 3.17. The van der Waals surface area contributed by atoms with Crippen LogP contribution in [0.1, 0.15) is 19.3 Å². The highest BCUT2D eigenvalue weighted by Gasteiger charge is 2.15. The molecule has 0 aliphatic heterocycles. The lowest BCUT2D eigenvalue weighted by Crippen LogP contribution is -2.12. The number of hydrogen-bond donors (Lipinski definition) is 2. The van der Waals surface area contributed by atoms with Crippen molar-refractivity contribution >= 4 is 39.4 Å². The molecule has 6 nitrogen and oxygen atoms in total. The van der Waals surface area contributed by atoms with Crippen LogP contribution in [0, 0.1) is 0 Å². The molecule has 0 saturated heterocycles. The molecule has 1 aromatic heterocycles. The molecule has 0 spiro atoms. The van der Waals surface area contributed by atoms with Gasteiger partial charge in [0.25, 0.3) is 0 Å². The van der Waals surface area contributed by atoms with E-state index >= 15 is 0 Å². The number of para-hydroxylation sites is 1. The Morgan fingerprint density at radius 1 is 0.964 bits per heavy atom. The van der Waals surface area contributed by atoms with E-state index in [2.05, 4.69) is 10.3 Å². The van der Waals surface area contributed by atoms with Gasteiger partial charge in [-0.1, -0.05) is 42.5 Å². The van der Waals surface area contributed by atoms with Crippen molar-refractivity contribution in [2.45, 2.75) is 19.3 Å². The number of oxazole rings is 1. The highest BCUT2D eigenvalue weighted by Crippen LogP contribution is 2.33. The van der Waals surface area contributed by atoms with Crippen LogP contribution in [0.4, 0.5) is 5.69 Å². The van der Waals surface area contributed by atoms with E-state index in [1.807, 2.05) is 54.6 Å². The van der Waals surface area contributed by atoms with Gasteiger partial charge in [0, 0.05) is 18.2 Å². The highest BCUT2D eigenvalue weighted by molar-refractivity contribution is 6.04. The molecule has 3 aromatic carbocycles. The van der Waals surface area contributed by atoms with Gasteiger partial charge in [-0.15, -0.1) is 0 Å². The predicted molar refractivity (Wildman–Crippen MR) is 107 cm³/mol. The van der Waals surface area contributed by atoms with E-state index in [1.54, 1.807) is 6.07 Å². The second kappa shape index (κ2) is 7.52. The third kappa shape index (κ3) is 3.57. The van der Waals surface area contributed by atoms with Crippen molar-refractivity contribution in [3.63, 3.8) is 0 Å². The zero-order valence-electron chi connectivity index (χ0n) is 15.0. The van der Waals surface area contributed by atoms with Crippen LogP contribution in [0.25, 0.3) is 33.3 Å². The topological polar surface area (TPSA) is 92.4 Å². The van der Waals surface area contributed by atoms with Crippen molar-refractivity contribution < 1.29 is 19.1 Å². The van der Waals surface area contributed by atoms with Crippen molar-refractivity contribution in [1.29, 1.82) is 0 Å². The van der Waals surface area contributed by atoms with E-state index in [9.17, 15) is 9.59 Å². The molecule has 0 atom stereocenters. The quantitative estimate of drug-likeness (QED) is 0.504. The van der Waals surface area contributed by atoms with E-state index in [1.165, 1.54) is 0 Å². The van der Waals surface area contributed by atoms with Crippen molar-refractivity contribution in [3.05, 3.63) is 60.7 Å². The van der Waals surface area contributed by atoms with Gasteiger partial charge in [0.15, 0.2) is 5.58 Å². The summed E-state index contributed by atoms with van der Waals surface area (Å²) < 4.78 is 5.96. The summed E-state index contributed by atoms with van der Waals surface area (Å²) in [6.45, 7) is 0. The number of fused-ring (bicyclic) bond motifs is 3.